The Labute approximate surface area is 125 Å². The van der Waals surface area contributed by atoms with Gasteiger partial charge in [-0.1, -0.05) is 20.8 Å². The van der Waals surface area contributed by atoms with E-state index in [-0.39, 0.29) is 18.4 Å². The van der Waals surface area contributed by atoms with Crippen molar-refractivity contribution in [3.05, 3.63) is 11.6 Å². The fourth-order valence-corrected chi connectivity index (χ4v) is 2.22. The van der Waals surface area contributed by atoms with Gasteiger partial charge in [-0.3, -0.25) is 9.79 Å². The smallest absolute Gasteiger partial charge is 0.333 e. The monoisotopic (exact) mass is 296 g/mol. The van der Waals surface area contributed by atoms with Crippen LogP contribution in [0.15, 0.2) is 16.6 Å². The highest BCUT2D eigenvalue weighted by molar-refractivity contribution is 6.14. The van der Waals surface area contributed by atoms with Gasteiger partial charge in [0.2, 0.25) is 0 Å². The van der Waals surface area contributed by atoms with Crippen molar-refractivity contribution < 1.29 is 19.1 Å². The molecule has 0 aliphatic carbocycles. The second kappa shape index (κ2) is 7.36. The van der Waals surface area contributed by atoms with Crippen LogP contribution in [0.25, 0.3) is 0 Å². The van der Waals surface area contributed by atoms with Crippen LogP contribution >= 0.6 is 0 Å². The normalized spacial score (nSPS) is 22.3. The molecule has 0 saturated heterocycles. The molecule has 0 spiro atoms. The van der Waals surface area contributed by atoms with Crippen molar-refractivity contribution in [1.29, 1.82) is 0 Å². The molecule has 0 bridgehead atoms. The number of hydrogen-bond donors (Lipinski definition) is 1. The first-order valence-corrected chi connectivity index (χ1v) is 7.13. The van der Waals surface area contributed by atoms with E-state index in [0.717, 1.165) is 0 Å². The van der Waals surface area contributed by atoms with Crippen LogP contribution in [0, 0.1) is 5.92 Å². The number of nitrogens with zero attached hydrogens (tertiary/aromatic N) is 1. The molecule has 1 aliphatic heterocycles. The summed E-state index contributed by atoms with van der Waals surface area (Å²) in [4.78, 5) is 28.4. The van der Waals surface area contributed by atoms with Gasteiger partial charge >= 0.3 is 5.97 Å². The van der Waals surface area contributed by atoms with Gasteiger partial charge in [0.25, 0.3) is 5.91 Å². The molecule has 1 heterocycles. The van der Waals surface area contributed by atoms with Crippen LogP contribution in [0.4, 0.5) is 0 Å². The molecular weight excluding hydrogens is 272 g/mol. The molecule has 6 heteroatoms. The Balaban J connectivity index is 2.82. The maximum absolute atomic E-state index is 12.2. The van der Waals surface area contributed by atoms with E-state index < -0.39 is 11.5 Å². The van der Waals surface area contributed by atoms with E-state index in [2.05, 4.69) is 10.3 Å². The van der Waals surface area contributed by atoms with Gasteiger partial charge in [0.05, 0.1) is 6.61 Å². The molecule has 0 aromatic heterocycles. The molecular formula is C15H24N2O4. The summed E-state index contributed by atoms with van der Waals surface area (Å²) in [6.07, 6.45) is 2.16. The highest BCUT2D eigenvalue weighted by Gasteiger charge is 2.44. The molecule has 1 atom stereocenters. The van der Waals surface area contributed by atoms with E-state index in [4.69, 9.17) is 9.47 Å². The fourth-order valence-electron chi connectivity index (χ4n) is 2.22. The third-order valence-electron chi connectivity index (χ3n) is 3.64. The van der Waals surface area contributed by atoms with E-state index in [9.17, 15) is 9.59 Å². The minimum atomic E-state index is -0.744. The number of nitrogens with one attached hydrogen (secondary N) is 1. The van der Waals surface area contributed by atoms with Crippen LogP contribution in [0.2, 0.25) is 0 Å². The zero-order valence-electron chi connectivity index (χ0n) is 13.4. The van der Waals surface area contributed by atoms with Crippen molar-refractivity contribution in [1.82, 2.24) is 5.32 Å². The first-order chi connectivity index (χ1) is 9.87. The Hall–Kier alpha value is -1.69. The third kappa shape index (κ3) is 3.91. The molecule has 0 aromatic carbocycles. The lowest BCUT2D eigenvalue weighted by molar-refractivity contribution is -0.140. The van der Waals surface area contributed by atoms with Crippen molar-refractivity contribution in [2.75, 3.05) is 20.3 Å². The van der Waals surface area contributed by atoms with Crippen molar-refractivity contribution in [3.63, 3.8) is 0 Å². The number of rotatable bonds is 7. The van der Waals surface area contributed by atoms with E-state index >= 15 is 0 Å². The summed E-state index contributed by atoms with van der Waals surface area (Å²) in [5.74, 6) is -0.0616. The van der Waals surface area contributed by atoms with E-state index in [0.29, 0.717) is 24.4 Å². The van der Waals surface area contributed by atoms with Gasteiger partial charge < -0.3 is 14.8 Å². The van der Waals surface area contributed by atoms with Crippen LogP contribution in [0.5, 0.6) is 0 Å². The second-order valence-electron chi connectivity index (χ2n) is 5.34. The van der Waals surface area contributed by atoms with Crippen molar-refractivity contribution in [2.45, 2.75) is 39.7 Å². The number of amidine groups is 1. The van der Waals surface area contributed by atoms with E-state index in [1.54, 1.807) is 13.0 Å². The van der Waals surface area contributed by atoms with Gasteiger partial charge in [0, 0.05) is 12.7 Å². The molecule has 118 valence electrons. The SMILES string of the molecule is CCC1(C(C)C)N=C(C=C(C)C(=O)OCCOC)NC1=O. The highest BCUT2D eigenvalue weighted by Crippen LogP contribution is 2.29. The molecule has 0 aromatic rings. The van der Waals surface area contributed by atoms with Gasteiger partial charge in [-0.15, -0.1) is 0 Å². The summed E-state index contributed by atoms with van der Waals surface area (Å²) in [5, 5.41) is 2.73. The Bertz CT molecular complexity index is 468. The number of aliphatic imine (C=N–C) groups is 1. The number of hydrogen-bond acceptors (Lipinski definition) is 5. The van der Waals surface area contributed by atoms with Crippen molar-refractivity contribution in [3.8, 4) is 0 Å². The number of carbonyl (C=O) groups is 2. The number of amides is 1. The molecule has 21 heavy (non-hydrogen) atoms. The molecule has 1 unspecified atom stereocenters. The van der Waals surface area contributed by atoms with Gasteiger partial charge in [0.15, 0.2) is 0 Å². The highest BCUT2D eigenvalue weighted by atomic mass is 16.6. The fraction of sp³-hybridized carbons (Fsp3) is 0.667. The molecule has 1 aliphatic rings. The molecule has 0 radical (unpaired) electrons. The Morgan fingerprint density at radius 2 is 2.10 bits per heavy atom. The Morgan fingerprint density at radius 3 is 2.57 bits per heavy atom. The number of methoxy groups -OCH3 is 1. The predicted molar refractivity (Wildman–Crippen MR) is 80.0 cm³/mol. The molecule has 1 amide bonds. The average Bonchev–Trinajstić information content (AvgIpc) is 2.75. The maximum Gasteiger partial charge on any atom is 0.333 e. The van der Waals surface area contributed by atoms with Crippen molar-refractivity contribution >= 4 is 17.7 Å². The number of ether oxygens (including phenoxy) is 2. The summed E-state index contributed by atoms with van der Waals surface area (Å²) in [6, 6.07) is 0. The molecule has 1 N–H and O–H groups in total. The zero-order chi connectivity index (χ0) is 16.0. The molecule has 1 rings (SSSR count). The standard InChI is InChI=1S/C15H24N2O4/c1-6-15(10(2)3)14(19)16-12(17-15)9-11(4)13(18)21-8-7-20-5/h9-10H,6-8H2,1-5H3,(H,16,17,19). The summed E-state index contributed by atoms with van der Waals surface area (Å²) < 4.78 is 9.82. The molecule has 0 fully saturated rings. The second-order valence-corrected chi connectivity index (χ2v) is 5.34. The lowest BCUT2D eigenvalue weighted by Gasteiger charge is -2.25. The summed E-state index contributed by atoms with van der Waals surface area (Å²) >= 11 is 0. The van der Waals surface area contributed by atoms with Gasteiger partial charge in [-0.25, -0.2) is 4.79 Å². The van der Waals surface area contributed by atoms with Crippen molar-refractivity contribution in [2.24, 2.45) is 10.9 Å². The van der Waals surface area contributed by atoms with Crippen LogP contribution in [0.3, 0.4) is 0 Å². The first kappa shape index (κ1) is 17.4. The summed E-state index contributed by atoms with van der Waals surface area (Å²) in [5.41, 5.74) is -0.354. The van der Waals surface area contributed by atoms with E-state index in [1.165, 1.54) is 7.11 Å². The van der Waals surface area contributed by atoms with Crippen LogP contribution in [-0.2, 0) is 19.1 Å². The lowest BCUT2D eigenvalue weighted by atomic mass is 9.84. The zero-order valence-corrected chi connectivity index (χ0v) is 13.4. The third-order valence-corrected chi connectivity index (χ3v) is 3.64. The summed E-state index contributed by atoms with van der Waals surface area (Å²) in [6.45, 7) is 8.04. The maximum atomic E-state index is 12.2. The lowest BCUT2D eigenvalue weighted by Crippen LogP contribution is -2.43. The average molecular weight is 296 g/mol. The minimum absolute atomic E-state index is 0.0855. The van der Waals surface area contributed by atoms with Gasteiger partial charge in [0.1, 0.15) is 18.0 Å². The predicted octanol–water partition coefficient (Wildman–Crippen LogP) is 1.46. The largest absolute Gasteiger partial charge is 0.460 e. The van der Waals surface area contributed by atoms with E-state index in [1.807, 2.05) is 20.8 Å². The minimum Gasteiger partial charge on any atom is -0.460 e. The van der Waals surface area contributed by atoms with Gasteiger partial charge in [-0.05, 0) is 25.3 Å². The Morgan fingerprint density at radius 1 is 1.43 bits per heavy atom. The molecule has 0 saturated carbocycles. The Kier molecular flexibility index (Phi) is 6.08. The quantitative estimate of drug-likeness (QED) is 0.438. The first-order valence-electron chi connectivity index (χ1n) is 7.13. The number of esters is 1. The van der Waals surface area contributed by atoms with Crippen LogP contribution < -0.4 is 5.32 Å². The topological polar surface area (TPSA) is 77.0 Å². The van der Waals surface area contributed by atoms with Gasteiger partial charge in [-0.2, -0.15) is 0 Å². The number of carbonyl (C=O) groups excluding carboxylic acids is 2. The van der Waals surface area contributed by atoms with Crippen LogP contribution in [-0.4, -0.2) is 43.6 Å². The molecule has 6 nitrogen and oxygen atoms in total. The van der Waals surface area contributed by atoms with Crippen LogP contribution in [0.1, 0.15) is 34.1 Å². The summed E-state index contributed by atoms with van der Waals surface area (Å²) in [7, 11) is 1.54.